The van der Waals surface area contributed by atoms with Crippen LogP contribution in [0.3, 0.4) is 0 Å². The maximum Gasteiger partial charge on any atom is 0.323 e. The topological polar surface area (TPSA) is 38.3 Å². The molecule has 1 aliphatic rings. The summed E-state index contributed by atoms with van der Waals surface area (Å²) in [6.07, 6.45) is 0. The number of aryl methyl sites for hydroxylation is 1. The number of hydrogen-bond donors (Lipinski definition) is 1. The highest BCUT2D eigenvalue weighted by molar-refractivity contribution is 7.99. The molecular weight excluding hydrogens is 242 g/mol. The number of nitrogens with one attached hydrogen (secondary N) is 1. The van der Waals surface area contributed by atoms with Crippen LogP contribution in [-0.4, -0.2) is 30.6 Å². The van der Waals surface area contributed by atoms with Gasteiger partial charge in [-0.15, -0.1) is 11.3 Å². The van der Waals surface area contributed by atoms with Gasteiger partial charge in [0.05, 0.1) is 13.2 Å². The Morgan fingerprint density at radius 3 is 2.94 bits per heavy atom. The molecule has 2 unspecified atom stereocenters. The number of carbonyl (C=O) groups is 1. The summed E-state index contributed by atoms with van der Waals surface area (Å²) >= 11 is 3.59. The Morgan fingerprint density at radius 2 is 2.31 bits per heavy atom. The maximum atomic E-state index is 11.5. The zero-order chi connectivity index (χ0) is 11.5. The van der Waals surface area contributed by atoms with Gasteiger partial charge in [-0.3, -0.25) is 10.1 Å². The van der Waals surface area contributed by atoms with Crippen LogP contribution in [0.15, 0.2) is 12.1 Å². The highest BCUT2D eigenvalue weighted by atomic mass is 32.2. The Bertz CT molecular complexity index is 378. The molecule has 0 spiro atoms. The van der Waals surface area contributed by atoms with Crippen molar-refractivity contribution in [3.63, 3.8) is 0 Å². The highest BCUT2D eigenvalue weighted by Crippen LogP contribution is 2.29. The highest BCUT2D eigenvalue weighted by Gasteiger charge is 2.28. The predicted molar refractivity (Wildman–Crippen MR) is 68.1 cm³/mol. The second-order valence-electron chi connectivity index (χ2n) is 3.78. The largest absolute Gasteiger partial charge is 0.468 e. The number of carbonyl (C=O) groups excluding carboxylic acids is 1. The molecule has 1 aromatic rings. The van der Waals surface area contributed by atoms with Crippen molar-refractivity contribution in [2.24, 2.45) is 0 Å². The van der Waals surface area contributed by atoms with Gasteiger partial charge < -0.3 is 4.74 Å². The lowest BCUT2D eigenvalue weighted by molar-refractivity contribution is -0.142. The van der Waals surface area contributed by atoms with Crippen LogP contribution in [0.2, 0.25) is 0 Å². The number of thiophene rings is 1. The third kappa shape index (κ3) is 2.59. The Morgan fingerprint density at radius 1 is 1.50 bits per heavy atom. The number of methoxy groups -OCH3 is 1. The van der Waals surface area contributed by atoms with Crippen LogP contribution in [0, 0.1) is 6.92 Å². The molecule has 1 aromatic heterocycles. The van der Waals surface area contributed by atoms with Crippen LogP contribution < -0.4 is 5.32 Å². The Hall–Kier alpha value is -0.520. The van der Waals surface area contributed by atoms with E-state index >= 15 is 0 Å². The van der Waals surface area contributed by atoms with Crippen LogP contribution in [0.25, 0.3) is 0 Å². The van der Waals surface area contributed by atoms with Crippen molar-refractivity contribution in [3.05, 3.63) is 21.9 Å². The molecule has 1 fully saturated rings. The van der Waals surface area contributed by atoms with Gasteiger partial charge in [-0.1, -0.05) is 0 Å². The summed E-state index contributed by atoms with van der Waals surface area (Å²) in [5.74, 6) is 1.66. The minimum Gasteiger partial charge on any atom is -0.468 e. The second kappa shape index (κ2) is 5.21. The summed E-state index contributed by atoms with van der Waals surface area (Å²) in [7, 11) is 1.44. The second-order valence-corrected chi connectivity index (χ2v) is 6.18. The fraction of sp³-hybridized carbons (Fsp3) is 0.545. The average molecular weight is 257 g/mol. The molecule has 0 radical (unpaired) electrons. The van der Waals surface area contributed by atoms with Gasteiger partial charge in [-0.05, 0) is 19.1 Å². The van der Waals surface area contributed by atoms with Crippen molar-refractivity contribution in [1.82, 2.24) is 5.32 Å². The van der Waals surface area contributed by atoms with Crippen molar-refractivity contribution in [2.45, 2.75) is 19.0 Å². The van der Waals surface area contributed by atoms with Crippen LogP contribution >= 0.6 is 23.1 Å². The van der Waals surface area contributed by atoms with Crippen LogP contribution in [0.1, 0.15) is 15.8 Å². The quantitative estimate of drug-likeness (QED) is 0.822. The molecule has 0 aromatic carbocycles. The zero-order valence-electron chi connectivity index (χ0n) is 9.36. The van der Waals surface area contributed by atoms with E-state index in [0.717, 1.165) is 11.5 Å². The van der Waals surface area contributed by atoms with Crippen molar-refractivity contribution in [1.29, 1.82) is 0 Å². The van der Waals surface area contributed by atoms with E-state index in [1.54, 1.807) is 23.1 Å². The molecule has 3 nitrogen and oxygen atoms in total. The van der Waals surface area contributed by atoms with Gasteiger partial charge in [0.15, 0.2) is 0 Å². The number of ether oxygens (including phenoxy) is 1. The van der Waals surface area contributed by atoms with Crippen molar-refractivity contribution in [2.75, 3.05) is 18.6 Å². The molecule has 0 amide bonds. The van der Waals surface area contributed by atoms with Crippen molar-refractivity contribution in [3.8, 4) is 0 Å². The third-order valence-corrected chi connectivity index (χ3v) is 4.81. The number of esters is 1. The number of hydrogen-bond acceptors (Lipinski definition) is 5. The van der Waals surface area contributed by atoms with Gasteiger partial charge in [0.25, 0.3) is 0 Å². The van der Waals surface area contributed by atoms with Crippen LogP contribution in [-0.2, 0) is 9.53 Å². The molecule has 16 heavy (non-hydrogen) atoms. The number of rotatable bonds is 2. The van der Waals surface area contributed by atoms with Gasteiger partial charge in [-0.25, -0.2) is 0 Å². The Kier molecular flexibility index (Phi) is 3.89. The molecule has 88 valence electrons. The SMILES string of the molecule is COC(=O)C1CSCC(c2ccc(C)s2)N1. The first-order chi connectivity index (χ1) is 7.70. The van der Waals surface area contributed by atoms with E-state index in [0.29, 0.717) is 0 Å². The van der Waals surface area contributed by atoms with E-state index in [-0.39, 0.29) is 18.1 Å². The van der Waals surface area contributed by atoms with Crippen LogP contribution in [0.4, 0.5) is 0 Å². The van der Waals surface area contributed by atoms with E-state index in [1.165, 1.54) is 16.9 Å². The van der Waals surface area contributed by atoms with E-state index in [9.17, 15) is 4.79 Å². The van der Waals surface area contributed by atoms with Crippen molar-refractivity contribution < 1.29 is 9.53 Å². The standard InChI is InChI=1S/C11H15NO2S2/c1-7-3-4-10(16-7)8-5-15-6-9(12-8)11(13)14-2/h3-4,8-9,12H,5-6H2,1-2H3. The van der Waals surface area contributed by atoms with Gasteiger partial charge in [-0.2, -0.15) is 11.8 Å². The maximum absolute atomic E-state index is 11.5. The van der Waals surface area contributed by atoms with E-state index in [2.05, 4.69) is 24.4 Å². The van der Waals surface area contributed by atoms with E-state index < -0.39 is 0 Å². The minimum absolute atomic E-state index is 0.162. The predicted octanol–water partition coefficient (Wildman–Crippen LogP) is 1.98. The normalized spacial score (nSPS) is 25.4. The molecule has 2 heterocycles. The average Bonchev–Trinajstić information content (AvgIpc) is 2.75. The Balaban J connectivity index is 2.04. The van der Waals surface area contributed by atoms with E-state index in [1.807, 2.05) is 0 Å². The first-order valence-electron chi connectivity index (χ1n) is 5.18. The summed E-state index contributed by atoms with van der Waals surface area (Å²) in [6, 6.07) is 4.36. The smallest absolute Gasteiger partial charge is 0.323 e. The summed E-state index contributed by atoms with van der Waals surface area (Å²) in [4.78, 5) is 14.1. The van der Waals surface area contributed by atoms with E-state index in [4.69, 9.17) is 4.74 Å². The molecule has 1 aliphatic heterocycles. The van der Waals surface area contributed by atoms with Gasteiger partial charge in [0.1, 0.15) is 6.04 Å². The molecule has 1 N–H and O–H groups in total. The lowest BCUT2D eigenvalue weighted by Crippen LogP contribution is -2.45. The molecule has 1 saturated heterocycles. The number of thioether (sulfide) groups is 1. The first kappa shape index (κ1) is 12.0. The summed E-state index contributed by atoms with van der Waals surface area (Å²) in [5.41, 5.74) is 0. The summed E-state index contributed by atoms with van der Waals surface area (Å²) in [6.45, 7) is 2.10. The summed E-state index contributed by atoms with van der Waals surface area (Å²) < 4.78 is 4.77. The monoisotopic (exact) mass is 257 g/mol. The molecule has 2 rings (SSSR count). The minimum atomic E-state index is -0.170. The first-order valence-corrected chi connectivity index (χ1v) is 7.16. The molecule has 0 bridgehead atoms. The van der Waals surface area contributed by atoms with Gasteiger partial charge in [0.2, 0.25) is 0 Å². The summed E-state index contributed by atoms with van der Waals surface area (Å²) in [5, 5.41) is 3.35. The fourth-order valence-corrected chi connectivity index (χ4v) is 3.88. The van der Waals surface area contributed by atoms with Gasteiger partial charge in [0, 0.05) is 21.3 Å². The molecule has 2 atom stereocenters. The van der Waals surface area contributed by atoms with Gasteiger partial charge >= 0.3 is 5.97 Å². The molecule has 0 aliphatic carbocycles. The molecular formula is C11H15NO2S2. The van der Waals surface area contributed by atoms with Crippen LogP contribution in [0.5, 0.6) is 0 Å². The molecule has 0 saturated carbocycles. The zero-order valence-corrected chi connectivity index (χ0v) is 11.0. The lowest BCUT2D eigenvalue weighted by atomic mass is 10.2. The fourth-order valence-electron chi connectivity index (χ4n) is 1.73. The molecule has 5 heteroatoms. The van der Waals surface area contributed by atoms with Crippen molar-refractivity contribution >= 4 is 29.1 Å². The lowest BCUT2D eigenvalue weighted by Gasteiger charge is -2.28. The Labute approximate surface area is 104 Å². The third-order valence-electron chi connectivity index (χ3n) is 2.56.